The van der Waals surface area contributed by atoms with Crippen LogP contribution in [0, 0.1) is 18.3 Å². The van der Waals surface area contributed by atoms with Crippen LogP contribution in [-0.2, 0) is 13.5 Å². The average molecular weight is 337 g/mol. The summed E-state index contributed by atoms with van der Waals surface area (Å²) in [6.07, 6.45) is 2.29. The molecular formula is C17H15N5OS. The molecule has 0 atom stereocenters. The third kappa shape index (κ3) is 3.50. The molecule has 0 saturated heterocycles. The van der Waals surface area contributed by atoms with Crippen molar-refractivity contribution in [2.24, 2.45) is 7.05 Å². The average Bonchev–Trinajstić information content (AvgIpc) is 3.13. The van der Waals surface area contributed by atoms with Crippen LogP contribution in [0.3, 0.4) is 0 Å². The first kappa shape index (κ1) is 15.9. The van der Waals surface area contributed by atoms with Crippen LogP contribution in [0.2, 0.25) is 0 Å². The molecule has 1 aromatic carbocycles. The van der Waals surface area contributed by atoms with Crippen LogP contribution in [0.5, 0.6) is 0 Å². The third-order valence-corrected chi connectivity index (χ3v) is 4.33. The summed E-state index contributed by atoms with van der Waals surface area (Å²) < 4.78 is 1.61. The van der Waals surface area contributed by atoms with Crippen LogP contribution in [-0.4, -0.2) is 20.7 Å². The highest BCUT2D eigenvalue weighted by molar-refractivity contribution is 7.15. The van der Waals surface area contributed by atoms with Crippen molar-refractivity contribution in [3.63, 3.8) is 0 Å². The van der Waals surface area contributed by atoms with Crippen molar-refractivity contribution < 1.29 is 4.79 Å². The minimum Gasteiger partial charge on any atom is -0.345 e. The molecule has 0 unspecified atom stereocenters. The van der Waals surface area contributed by atoms with E-state index in [9.17, 15) is 4.79 Å². The first-order valence-electron chi connectivity index (χ1n) is 7.31. The summed E-state index contributed by atoms with van der Waals surface area (Å²) in [6.45, 7) is 2.05. The highest BCUT2D eigenvalue weighted by Gasteiger charge is 2.14. The lowest BCUT2D eigenvalue weighted by atomic mass is 10.1. The Morgan fingerprint density at radius 1 is 1.38 bits per heavy atom. The van der Waals surface area contributed by atoms with Crippen molar-refractivity contribution in [2.75, 3.05) is 5.32 Å². The maximum Gasteiger partial charge on any atom is 0.274 e. The zero-order chi connectivity index (χ0) is 17.1. The lowest BCUT2D eigenvalue weighted by molar-refractivity contribution is 0.101. The first-order chi connectivity index (χ1) is 11.5. The number of nitriles is 1. The lowest BCUT2D eigenvalue weighted by Gasteiger charge is -2.01. The molecule has 0 aliphatic rings. The van der Waals surface area contributed by atoms with E-state index in [1.165, 1.54) is 16.9 Å². The third-order valence-electron chi connectivity index (χ3n) is 3.49. The van der Waals surface area contributed by atoms with Gasteiger partial charge in [0.2, 0.25) is 5.13 Å². The Balaban J connectivity index is 1.70. The zero-order valence-corrected chi connectivity index (χ0v) is 14.1. The number of benzene rings is 1. The molecule has 1 N–H and O–H groups in total. The molecule has 1 amide bonds. The number of carbonyl (C=O) groups is 1. The molecule has 0 aliphatic heterocycles. The number of carbonyl (C=O) groups excluding carboxylic acids is 1. The van der Waals surface area contributed by atoms with E-state index in [0.29, 0.717) is 22.8 Å². The molecule has 24 heavy (non-hydrogen) atoms. The van der Waals surface area contributed by atoms with Gasteiger partial charge in [0.15, 0.2) is 0 Å². The van der Waals surface area contributed by atoms with Gasteiger partial charge >= 0.3 is 0 Å². The van der Waals surface area contributed by atoms with Gasteiger partial charge in [-0.15, -0.1) is 10.2 Å². The number of nitrogens with zero attached hydrogens (tertiary/aromatic N) is 4. The number of aryl methyl sites for hydroxylation is 2. The molecule has 120 valence electrons. The van der Waals surface area contributed by atoms with Crippen molar-refractivity contribution in [3.05, 3.63) is 63.9 Å². The summed E-state index contributed by atoms with van der Waals surface area (Å²) in [4.78, 5) is 12.3. The fraction of sp³-hybridized carbons (Fsp3) is 0.176. The maximum atomic E-state index is 12.3. The quantitative estimate of drug-likeness (QED) is 0.793. The van der Waals surface area contributed by atoms with Gasteiger partial charge in [-0.1, -0.05) is 41.2 Å². The van der Waals surface area contributed by atoms with Crippen molar-refractivity contribution in [2.45, 2.75) is 13.3 Å². The molecule has 0 saturated carbocycles. The molecule has 2 heterocycles. The summed E-state index contributed by atoms with van der Waals surface area (Å²) >= 11 is 1.35. The van der Waals surface area contributed by atoms with E-state index < -0.39 is 0 Å². The van der Waals surface area contributed by atoms with E-state index in [4.69, 9.17) is 5.26 Å². The van der Waals surface area contributed by atoms with E-state index in [2.05, 4.69) is 21.6 Å². The van der Waals surface area contributed by atoms with Gasteiger partial charge in [0, 0.05) is 19.7 Å². The van der Waals surface area contributed by atoms with Crippen LogP contribution in [0.15, 0.2) is 36.5 Å². The highest BCUT2D eigenvalue weighted by atomic mass is 32.1. The normalized spacial score (nSPS) is 10.4. The fourth-order valence-corrected chi connectivity index (χ4v) is 3.15. The van der Waals surface area contributed by atoms with E-state index in [-0.39, 0.29) is 5.91 Å². The monoisotopic (exact) mass is 337 g/mol. The summed E-state index contributed by atoms with van der Waals surface area (Å²) in [7, 11) is 1.72. The molecule has 3 aromatic rings. The molecule has 6 nitrogen and oxygen atoms in total. The Morgan fingerprint density at radius 3 is 2.92 bits per heavy atom. The number of rotatable bonds is 4. The van der Waals surface area contributed by atoms with Gasteiger partial charge in [-0.3, -0.25) is 10.1 Å². The van der Waals surface area contributed by atoms with Crippen molar-refractivity contribution in [3.8, 4) is 6.07 Å². The molecule has 0 aliphatic carbocycles. The van der Waals surface area contributed by atoms with Crippen LogP contribution in [0.1, 0.15) is 32.2 Å². The topological polar surface area (TPSA) is 83.6 Å². The lowest BCUT2D eigenvalue weighted by Crippen LogP contribution is -2.15. The predicted octanol–water partition coefficient (Wildman–Crippen LogP) is 2.90. The van der Waals surface area contributed by atoms with Gasteiger partial charge < -0.3 is 4.57 Å². The predicted molar refractivity (Wildman–Crippen MR) is 92.0 cm³/mol. The maximum absolute atomic E-state index is 12.3. The SMILES string of the molecule is Cc1cccc(Cc2nnc(NC(=O)c3cc(C#N)cn3C)s2)c1. The fourth-order valence-electron chi connectivity index (χ4n) is 2.38. The number of nitrogens with one attached hydrogen (secondary N) is 1. The van der Waals surface area contributed by atoms with Crippen LogP contribution < -0.4 is 5.32 Å². The minimum absolute atomic E-state index is 0.308. The molecule has 0 radical (unpaired) electrons. The van der Waals surface area contributed by atoms with Crippen LogP contribution in [0.4, 0.5) is 5.13 Å². The van der Waals surface area contributed by atoms with Gasteiger partial charge in [-0.05, 0) is 18.6 Å². The smallest absolute Gasteiger partial charge is 0.274 e. The summed E-state index contributed by atoms with van der Waals surface area (Å²) in [5.74, 6) is -0.308. The van der Waals surface area contributed by atoms with E-state index in [0.717, 1.165) is 10.6 Å². The second-order valence-electron chi connectivity index (χ2n) is 5.46. The largest absolute Gasteiger partial charge is 0.345 e. The van der Waals surface area contributed by atoms with Crippen molar-refractivity contribution in [1.29, 1.82) is 5.26 Å². The molecule has 7 heteroatoms. The first-order valence-corrected chi connectivity index (χ1v) is 8.12. The second-order valence-corrected chi connectivity index (χ2v) is 6.52. The molecule has 3 rings (SSSR count). The zero-order valence-electron chi connectivity index (χ0n) is 13.3. The molecule has 0 fully saturated rings. The van der Waals surface area contributed by atoms with Crippen LogP contribution in [0.25, 0.3) is 0 Å². The Labute approximate surface area is 143 Å². The second kappa shape index (κ2) is 6.64. The molecule has 2 aromatic heterocycles. The summed E-state index contributed by atoms with van der Waals surface area (Å²) in [6, 6.07) is 11.8. The van der Waals surface area contributed by atoms with Gasteiger partial charge in [-0.2, -0.15) is 5.26 Å². The number of aromatic nitrogens is 3. The molecule has 0 spiro atoms. The van der Waals surface area contributed by atoms with Crippen molar-refractivity contribution in [1.82, 2.24) is 14.8 Å². The Morgan fingerprint density at radius 2 is 2.21 bits per heavy atom. The summed E-state index contributed by atoms with van der Waals surface area (Å²) in [5.41, 5.74) is 3.20. The number of hydrogen-bond acceptors (Lipinski definition) is 5. The Hall–Kier alpha value is -2.98. The number of amides is 1. The van der Waals surface area contributed by atoms with Gasteiger partial charge in [-0.25, -0.2) is 0 Å². The number of anilines is 1. The Bertz CT molecular complexity index is 935. The standard InChI is InChI=1S/C17H15N5OS/c1-11-4-3-5-12(6-11)8-15-20-21-17(24-15)19-16(23)14-7-13(9-18)10-22(14)2/h3-7,10H,8H2,1-2H3,(H,19,21,23). The molecular weight excluding hydrogens is 322 g/mol. The van der Waals surface area contributed by atoms with Crippen molar-refractivity contribution >= 4 is 22.4 Å². The van der Waals surface area contributed by atoms with E-state index in [1.54, 1.807) is 23.9 Å². The summed E-state index contributed by atoms with van der Waals surface area (Å²) in [5, 5.41) is 21.1. The van der Waals surface area contributed by atoms with Gasteiger partial charge in [0.25, 0.3) is 5.91 Å². The molecule has 0 bridgehead atoms. The highest BCUT2D eigenvalue weighted by Crippen LogP contribution is 2.20. The minimum atomic E-state index is -0.308. The van der Waals surface area contributed by atoms with E-state index in [1.807, 2.05) is 31.2 Å². The van der Waals surface area contributed by atoms with Gasteiger partial charge in [0.1, 0.15) is 16.8 Å². The van der Waals surface area contributed by atoms with Crippen LogP contribution >= 0.6 is 11.3 Å². The number of hydrogen-bond donors (Lipinski definition) is 1. The van der Waals surface area contributed by atoms with E-state index >= 15 is 0 Å². The van der Waals surface area contributed by atoms with Gasteiger partial charge in [0.05, 0.1) is 5.56 Å². The Kier molecular flexibility index (Phi) is 4.40.